The molecule has 4 nitrogen and oxygen atoms in total. The molecule has 2 heterocycles. The largest absolute Gasteiger partial charge is 0.381 e. The molecule has 0 spiro atoms. The van der Waals surface area contributed by atoms with E-state index in [4.69, 9.17) is 4.74 Å². The molecule has 0 bridgehead atoms. The van der Waals surface area contributed by atoms with Crippen molar-refractivity contribution in [3.8, 4) is 0 Å². The standard InChI is InChI=1S/C44H51NO3/c1-6-8-10-32(7-2)28-45-40-18-16-36(43(46)35-14-12-34(13-15-35)25-33-11-9-21-48-22-20-33)26-38(40)39-27-37(17-19-41(39)45)44(47)42-30(4)23-29(3)24-31(42)5/h12-19,23-24,26-27,32-33H,6-11,20-22,25,28H2,1-5H3. The molecule has 1 aromatic heterocycles. The lowest BCUT2D eigenvalue weighted by Crippen LogP contribution is -2.10. The Bertz CT molecular complexity index is 1900. The molecule has 0 radical (unpaired) electrons. The van der Waals surface area contributed by atoms with Crippen molar-refractivity contribution in [3.63, 3.8) is 0 Å². The zero-order valence-electron chi connectivity index (χ0n) is 29.5. The third-order valence-electron chi connectivity index (χ3n) is 10.6. The molecule has 1 aliphatic rings. The van der Waals surface area contributed by atoms with Crippen LogP contribution in [0, 0.1) is 32.6 Å². The maximum absolute atomic E-state index is 14.0. The molecule has 1 aliphatic heterocycles. The molecule has 0 aliphatic carbocycles. The Morgan fingerprint density at radius 2 is 1.40 bits per heavy atom. The Balaban J connectivity index is 1.38. The van der Waals surface area contributed by atoms with Gasteiger partial charge < -0.3 is 9.30 Å². The smallest absolute Gasteiger partial charge is 0.193 e. The predicted molar refractivity (Wildman–Crippen MR) is 199 cm³/mol. The van der Waals surface area contributed by atoms with Crippen LogP contribution in [0.3, 0.4) is 0 Å². The van der Waals surface area contributed by atoms with Gasteiger partial charge in [0, 0.05) is 63.8 Å². The van der Waals surface area contributed by atoms with Crippen molar-refractivity contribution in [2.75, 3.05) is 13.2 Å². The molecule has 250 valence electrons. The van der Waals surface area contributed by atoms with E-state index in [9.17, 15) is 9.59 Å². The van der Waals surface area contributed by atoms with E-state index in [1.807, 2.05) is 38.1 Å². The minimum Gasteiger partial charge on any atom is -0.381 e. The number of benzene rings is 4. The van der Waals surface area contributed by atoms with Crippen LogP contribution < -0.4 is 0 Å². The summed E-state index contributed by atoms with van der Waals surface area (Å²) >= 11 is 0. The summed E-state index contributed by atoms with van der Waals surface area (Å²) in [7, 11) is 0. The van der Waals surface area contributed by atoms with Crippen LogP contribution in [0.4, 0.5) is 0 Å². The number of hydrogen-bond donors (Lipinski definition) is 0. The van der Waals surface area contributed by atoms with Crippen LogP contribution in [0.15, 0.2) is 72.8 Å². The average Bonchev–Trinajstić information content (AvgIpc) is 3.19. The molecule has 2 atom stereocenters. The Morgan fingerprint density at radius 3 is 2.02 bits per heavy atom. The van der Waals surface area contributed by atoms with Crippen LogP contribution in [0.5, 0.6) is 0 Å². The lowest BCUT2D eigenvalue weighted by molar-refractivity contribution is 0.103. The fourth-order valence-electron chi connectivity index (χ4n) is 7.91. The van der Waals surface area contributed by atoms with Gasteiger partial charge in [0.15, 0.2) is 11.6 Å². The topological polar surface area (TPSA) is 48.3 Å². The zero-order chi connectivity index (χ0) is 33.8. The second-order valence-corrected chi connectivity index (χ2v) is 14.2. The highest BCUT2D eigenvalue weighted by Crippen LogP contribution is 2.34. The van der Waals surface area contributed by atoms with Crippen molar-refractivity contribution in [1.29, 1.82) is 0 Å². The summed E-state index contributed by atoms with van der Waals surface area (Å²) in [6.45, 7) is 13.3. The Labute approximate surface area is 286 Å². The van der Waals surface area contributed by atoms with Gasteiger partial charge in [0.2, 0.25) is 0 Å². The van der Waals surface area contributed by atoms with Gasteiger partial charge in [0.05, 0.1) is 0 Å². The first-order valence-corrected chi connectivity index (χ1v) is 18.2. The molecule has 5 aromatic rings. The van der Waals surface area contributed by atoms with Gasteiger partial charge in [-0.15, -0.1) is 0 Å². The van der Waals surface area contributed by atoms with Crippen molar-refractivity contribution in [2.45, 2.75) is 92.5 Å². The number of rotatable bonds is 12. The van der Waals surface area contributed by atoms with Gasteiger partial charge >= 0.3 is 0 Å². The number of carbonyl (C=O) groups excluding carboxylic acids is 2. The number of hydrogen-bond acceptors (Lipinski definition) is 3. The fourth-order valence-corrected chi connectivity index (χ4v) is 7.91. The van der Waals surface area contributed by atoms with Gasteiger partial charge in [-0.25, -0.2) is 0 Å². The van der Waals surface area contributed by atoms with Gasteiger partial charge in [0.1, 0.15) is 0 Å². The molecule has 1 fully saturated rings. The van der Waals surface area contributed by atoms with Crippen molar-refractivity contribution < 1.29 is 14.3 Å². The molecule has 0 amide bonds. The van der Waals surface area contributed by atoms with Crippen LogP contribution >= 0.6 is 0 Å². The van der Waals surface area contributed by atoms with Gasteiger partial charge in [-0.1, -0.05) is 75.1 Å². The highest BCUT2D eigenvalue weighted by molar-refractivity contribution is 6.17. The van der Waals surface area contributed by atoms with Crippen molar-refractivity contribution in [1.82, 2.24) is 4.57 Å². The number of carbonyl (C=O) groups is 2. The normalized spacial score (nSPS) is 15.9. The average molecular weight is 642 g/mol. The highest BCUT2D eigenvalue weighted by Gasteiger charge is 2.21. The van der Waals surface area contributed by atoms with E-state index in [-0.39, 0.29) is 11.6 Å². The number of nitrogens with zero attached hydrogens (tertiary/aromatic N) is 1. The summed E-state index contributed by atoms with van der Waals surface area (Å²) in [5.74, 6) is 1.28. The number of aryl methyl sites for hydroxylation is 3. The molecule has 0 N–H and O–H groups in total. The number of ketones is 2. The Kier molecular flexibility index (Phi) is 10.6. The Morgan fingerprint density at radius 1 is 0.771 bits per heavy atom. The van der Waals surface area contributed by atoms with Gasteiger partial charge in [-0.2, -0.15) is 0 Å². The van der Waals surface area contributed by atoms with E-state index in [1.54, 1.807) is 0 Å². The van der Waals surface area contributed by atoms with E-state index in [2.05, 4.69) is 73.9 Å². The fraction of sp³-hybridized carbons (Fsp3) is 0.409. The van der Waals surface area contributed by atoms with E-state index < -0.39 is 0 Å². The molecule has 1 saturated heterocycles. The summed E-state index contributed by atoms with van der Waals surface area (Å²) in [4.78, 5) is 27.9. The summed E-state index contributed by atoms with van der Waals surface area (Å²) in [5, 5.41) is 2.06. The molecular weight excluding hydrogens is 590 g/mol. The maximum atomic E-state index is 14.0. The van der Waals surface area contributed by atoms with Crippen molar-refractivity contribution in [3.05, 3.63) is 117 Å². The first kappa shape index (κ1) is 33.9. The van der Waals surface area contributed by atoms with Crippen LogP contribution in [0.25, 0.3) is 21.8 Å². The van der Waals surface area contributed by atoms with Gasteiger partial charge in [-0.05, 0) is 118 Å². The SMILES string of the molecule is CCCCC(CC)Cn1c2ccc(C(=O)c3ccc(CC4CCCOCC4)cc3)cc2c2cc(C(=O)c3c(C)cc(C)cc3C)ccc21. The number of aromatic nitrogens is 1. The first-order valence-electron chi connectivity index (χ1n) is 18.2. The highest BCUT2D eigenvalue weighted by atomic mass is 16.5. The van der Waals surface area contributed by atoms with Crippen molar-refractivity contribution in [2.24, 2.45) is 11.8 Å². The zero-order valence-corrected chi connectivity index (χ0v) is 29.5. The molecule has 4 heteroatoms. The molecule has 0 saturated carbocycles. The molecular formula is C44H51NO3. The maximum Gasteiger partial charge on any atom is 0.193 e. The summed E-state index contributed by atoms with van der Waals surface area (Å²) in [6.07, 6.45) is 9.17. The third kappa shape index (κ3) is 7.20. The number of ether oxygens (including phenoxy) is 1. The minimum absolute atomic E-state index is 0.0275. The van der Waals surface area contributed by atoms with Gasteiger partial charge in [0.25, 0.3) is 0 Å². The van der Waals surface area contributed by atoms with E-state index in [0.29, 0.717) is 28.5 Å². The van der Waals surface area contributed by atoms with Crippen molar-refractivity contribution >= 4 is 33.4 Å². The molecule has 6 rings (SSSR count). The number of fused-ring (bicyclic) bond motifs is 3. The van der Waals surface area contributed by atoms with Crippen LogP contribution in [0.1, 0.15) is 113 Å². The second-order valence-electron chi connectivity index (χ2n) is 14.2. The van der Waals surface area contributed by atoms with Gasteiger partial charge in [-0.3, -0.25) is 9.59 Å². The van der Waals surface area contributed by atoms with Crippen LogP contribution in [-0.2, 0) is 17.7 Å². The lowest BCUT2D eigenvalue weighted by atomic mass is 9.91. The van der Waals surface area contributed by atoms with E-state index >= 15 is 0 Å². The summed E-state index contributed by atoms with van der Waals surface area (Å²) in [6, 6.07) is 24.7. The molecule has 48 heavy (non-hydrogen) atoms. The lowest BCUT2D eigenvalue weighted by Gasteiger charge is -2.17. The summed E-state index contributed by atoms with van der Waals surface area (Å²) < 4.78 is 8.07. The Hall–Kier alpha value is -4.02. The van der Waals surface area contributed by atoms with E-state index in [1.165, 1.54) is 31.2 Å². The predicted octanol–water partition coefficient (Wildman–Crippen LogP) is 10.8. The second kappa shape index (κ2) is 15.0. The monoisotopic (exact) mass is 641 g/mol. The summed E-state index contributed by atoms with van der Waals surface area (Å²) in [5.41, 5.74) is 9.53. The first-order chi connectivity index (χ1) is 23.3. The molecule has 4 aromatic carbocycles. The number of unbranched alkanes of at least 4 members (excludes halogenated alkanes) is 1. The third-order valence-corrected chi connectivity index (χ3v) is 10.6. The quantitative estimate of drug-likeness (QED) is 0.127. The minimum atomic E-state index is 0.0275. The van der Waals surface area contributed by atoms with E-state index in [0.717, 1.165) is 89.5 Å². The van der Waals surface area contributed by atoms with Crippen LogP contribution in [-0.4, -0.2) is 29.3 Å². The molecule has 2 unspecified atom stereocenters. The van der Waals surface area contributed by atoms with Crippen LogP contribution in [0.2, 0.25) is 0 Å².